The summed E-state index contributed by atoms with van der Waals surface area (Å²) >= 11 is 12.4. The summed E-state index contributed by atoms with van der Waals surface area (Å²) in [6.07, 6.45) is 1.71. The van der Waals surface area contributed by atoms with Crippen molar-refractivity contribution in [2.45, 2.75) is 19.5 Å². The van der Waals surface area contributed by atoms with Gasteiger partial charge in [-0.2, -0.15) is 0 Å². The average Bonchev–Trinajstić information content (AvgIpc) is 2.87. The zero-order valence-corrected chi connectivity index (χ0v) is 15.1. The van der Waals surface area contributed by atoms with E-state index in [0.29, 0.717) is 11.2 Å². The highest BCUT2D eigenvalue weighted by atomic mass is 35.5. The van der Waals surface area contributed by atoms with Gasteiger partial charge in [-0.05, 0) is 18.6 Å². The first kappa shape index (κ1) is 16.8. The van der Waals surface area contributed by atoms with Crippen LogP contribution < -0.4 is 0 Å². The maximum Gasteiger partial charge on any atom is 0.128 e. The monoisotopic (exact) mass is 352 g/mol. The largest absolute Gasteiger partial charge is 0.321 e. The predicted molar refractivity (Wildman–Crippen MR) is 94.9 cm³/mol. The van der Waals surface area contributed by atoms with Crippen LogP contribution in [-0.2, 0) is 13.6 Å². The van der Waals surface area contributed by atoms with Crippen LogP contribution in [0.2, 0.25) is 10.2 Å². The second-order valence-corrected chi connectivity index (χ2v) is 6.86. The molecular formula is C17H22Cl2N4. The highest BCUT2D eigenvalue weighted by molar-refractivity contribution is 6.31. The van der Waals surface area contributed by atoms with Gasteiger partial charge in [-0.25, -0.2) is 4.98 Å². The Labute approximate surface area is 147 Å². The third-order valence-corrected chi connectivity index (χ3v) is 5.40. The van der Waals surface area contributed by atoms with Crippen LogP contribution in [0.5, 0.6) is 0 Å². The summed E-state index contributed by atoms with van der Waals surface area (Å²) in [7, 11) is 1.96. The molecule has 0 radical (unpaired) electrons. The maximum absolute atomic E-state index is 6.33. The van der Waals surface area contributed by atoms with Crippen molar-refractivity contribution in [3.05, 3.63) is 52.0 Å². The fraction of sp³-hybridized carbons (Fsp3) is 0.471. The molecule has 4 nitrogen and oxygen atoms in total. The lowest BCUT2D eigenvalue weighted by atomic mass is 10.1. The molecular weight excluding hydrogens is 331 g/mol. The molecule has 6 heteroatoms. The van der Waals surface area contributed by atoms with Gasteiger partial charge >= 0.3 is 0 Å². The van der Waals surface area contributed by atoms with Crippen molar-refractivity contribution in [3.8, 4) is 0 Å². The first-order valence-corrected chi connectivity index (χ1v) is 8.69. The molecule has 2 aromatic rings. The quantitative estimate of drug-likeness (QED) is 0.839. The fourth-order valence-electron chi connectivity index (χ4n) is 3.09. The van der Waals surface area contributed by atoms with E-state index in [4.69, 9.17) is 23.2 Å². The van der Waals surface area contributed by atoms with E-state index in [1.807, 2.05) is 23.7 Å². The van der Waals surface area contributed by atoms with Gasteiger partial charge in [0.1, 0.15) is 11.0 Å². The number of imidazole rings is 1. The van der Waals surface area contributed by atoms with Gasteiger partial charge in [-0.15, -0.1) is 0 Å². The third-order valence-electron chi connectivity index (χ3n) is 4.70. The molecule has 0 bridgehead atoms. The summed E-state index contributed by atoms with van der Waals surface area (Å²) in [5.41, 5.74) is 1.21. The molecule has 1 aliphatic rings. The lowest BCUT2D eigenvalue weighted by molar-refractivity contribution is 0.0957. The van der Waals surface area contributed by atoms with Gasteiger partial charge in [0.2, 0.25) is 0 Å². The van der Waals surface area contributed by atoms with Gasteiger partial charge in [0.25, 0.3) is 0 Å². The second-order valence-electron chi connectivity index (χ2n) is 6.07. The molecule has 2 heterocycles. The van der Waals surface area contributed by atoms with Crippen LogP contribution in [0, 0.1) is 0 Å². The second kappa shape index (κ2) is 7.22. The van der Waals surface area contributed by atoms with Crippen LogP contribution in [0.25, 0.3) is 0 Å². The molecule has 0 spiro atoms. The Morgan fingerprint density at radius 2 is 1.83 bits per heavy atom. The number of halogens is 2. The molecule has 1 aliphatic heterocycles. The normalized spacial score (nSPS) is 18.3. The topological polar surface area (TPSA) is 24.3 Å². The molecule has 3 rings (SSSR count). The molecule has 1 aromatic carbocycles. The molecule has 0 aliphatic carbocycles. The molecule has 1 saturated heterocycles. The average molecular weight is 353 g/mol. The summed E-state index contributed by atoms with van der Waals surface area (Å²) in [6.45, 7) is 7.20. The smallest absolute Gasteiger partial charge is 0.128 e. The molecule has 1 aromatic heterocycles. The summed E-state index contributed by atoms with van der Waals surface area (Å²) in [5.74, 6) is 1.02. The fourth-order valence-corrected chi connectivity index (χ4v) is 3.53. The van der Waals surface area contributed by atoms with E-state index in [2.05, 4.69) is 33.8 Å². The first-order valence-electron chi connectivity index (χ1n) is 7.93. The Balaban J connectivity index is 1.58. The van der Waals surface area contributed by atoms with E-state index in [9.17, 15) is 0 Å². The van der Waals surface area contributed by atoms with Crippen LogP contribution in [0.4, 0.5) is 0 Å². The molecule has 0 amide bonds. The van der Waals surface area contributed by atoms with Crippen LogP contribution in [0.15, 0.2) is 30.5 Å². The number of hydrogen-bond donors (Lipinski definition) is 0. The van der Waals surface area contributed by atoms with E-state index in [-0.39, 0.29) is 0 Å². The highest BCUT2D eigenvalue weighted by Gasteiger charge is 2.24. The Hall–Kier alpha value is -1.07. The SMILES string of the molecule is CC(c1ccccc1Cl)N1CCN(Cc2ncc(Cl)n2C)CC1. The van der Waals surface area contributed by atoms with Gasteiger partial charge in [-0.3, -0.25) is 9.80 Å². The highest BCUT2D eigenvalue weighted by Crippen LogP contribution is 2.28. The maximum atomic E-state index is 6.33. The lowest BCUT2D eigenvalue weighted by Gasteiger charge is -2.38. The molecule has 124 valence electrons. The van der Waals surface area contributed by atoms with Gasteiger partial charge < -0.3 is 4.57 Å². The summed E-state index contributed by atoms with van der Waals surface area (Å²) in [5, 5.41) is 1.54. The number of nitrogens with zero attached hydrogens (tertiary/aromatic N) is 4. The van der Waals surface area contributed by atoms with Crippen molar-refractivity contribution in [2.24, 2.45) is 7.05 Å². The summed E-state index contributed by atoms with van der Waals surface area (Å²) in [6, 6.07) is 8.46. The minimum absolute atomic E-state index is 0.341. The molecule has 1 fully saturated rings. The number of hydrogen-bond acceptors (Lipinski definition) is 3. The number of aromatic nitrogens is 2. The van der Waals surface area contributed by atoms with Gasteiger partial charge in [-0.1, -0.05) is 41.4 Å². The van der Waals surface area contributed by atoms with Crippen molar-refractivity contribution in [2.75, 3.05) is 26.2 Å². The Morgan fingerprint density at radius 1 is 1.13 bits per heavy atom. The predicted octanol–water partition coefficient (Wildman–Crippen LogP) is 3.61. The van der Waals surface area contributed by atoms with Crippen LogP contribution in [-0.4, -0.2) is 45.5 Å². The molecule has 23 heavy (non-hydrogen) atoms. The molecule has 0 saturated carbocycles. The standard InChI is InChI=1S/C17H22Cl2N4/c1-13(14-5-3-4-6-15(14)18)23-9-7-22(8-10-23)12-17-20-11-16(19)21(17)2/h3-6,11,13H,7-10,12H2,1-2H3. The minimum Gasteiger partial charge on any atom is -0.321 e. The van der Waals surface area contributed by atoms with E-state index in [1.54, 1.807) is 6.20 Å². The van der Waals surface area contributed by atoms with Crippen molar-refractivity contribution in [3.63, 3.8) is 0 Å². The zero-order chi connectivity index (χ0) is 16.4. The van der Waals surface area contributed by atoms with E-state index < -0.39 is 0 Å². The van der Waals surface area contributed by atoms with Crippen molar-refractivity contribution < 1.29 is 0 Å². The lowest BCUT2D eigenvalue weighted by Crippen LogP contribution is -2.46. The summed E-state index contributed by atoms with van der Waals surface area (Å²) < 4.78 is 1.94. The Bertz CT molecular complexity index is 662. The number of piperazine rings is 1. The van der Waals surface area contributed by atoms with Crippen LogP contribution in [0.1, 0.15) is 24.4 Å². The Kier molecular flexibility index (Phi) is 5.27. The third kappa shape index (κ3) is 3.72. The molecule has 0 N–H and O–H groups in total. The van der Waals surface area contributed by atoms with Gasteiger partial charge in [0.15, 0.2) is 0 Å². The van der Waals surface area contributed by atoms with E-state index in [1.165, 1.54) is 5.56 Å². The van der Waals surface area contributed by atoms with Gasteiger partial charge in [0.05, 0.1) is 12.7 Å². The first-order chi connectivity index (χ1) is 11.1. The van der Waals surface area contributed by atoms with E-state index in [0.717, 1.165) is 43.6 Å². The summed E-state index contributed by atoms with van der Waals surface area (Å²) in [4.78, 5) is 9.30. The van der Waals surface area contributed by atoms with Crippen molar-refractivity contribution in [1.29, 1.82) is 0 Å². The van der Waals surface area contributed by atoms with Crippen LogP contribution in [0.3, 0.4) is 0 Å². The zero-order valence-electron chi connectivity index (χ0n) is 13.5. The van der Waals surface area contributed by atoms with Gasteiger partial charge in [0, 0.05) is 44.3 Å². The van der Waals surface area contributed by atoms with E-state index >= 15 is 0 Å². The Morgan fingerprint density at radius 3 is 2.43 bits per heavy atom. The number of rotatable bonds is 4. The van der Waals surface area contributed by atoms with Crippen LogP contribution >= 0.6 is 23.2 Å². The molecule has 1 atom stereocenters. The minimum atomic E-state index is 0.341. The van der Waals surface area contributed by atoms with Crippen molar-refractivity contribution in [1.82, 2.24) is 19.4 Å². The number of benzene rings is 1. The molecule has 1 unspecified atom stereocenters. The van der Waals surface area contributed by atoms with Crippen molar-refractivity contribution >= 4 is 23.2 Å².